The van der Waals surface area contributed by atoms with Crippen molar-refractivity contribution in [2.24, 2.45) is 5.73 Å². The largest absolute Gasteiger partial charge is 0.379 e. The van der Waals surface area contributed by atoms with Crippen LogP contribution in [0.2, 0.25) is 0 Å². The first-order valence-electron chi connectivity index (χ1n) is 7.27. The van der Waals surface area contributed by atoms with Crippen LogP contribution < -0.4 is 5.73 Å². The van der Waals surface area contributed by atoms with Crippen LogP contribution in [0.5, 0.6) is 0 Å². The lowest BCUT2D eigenvalue weighted by Crippen LogP contribution is -2.67. The molecule has 0 spiro atoms. The van der Waals surface area contributed by atoms with Gasteiger partial charge in [-0.2, -0.15) is 11.8 Å². The lowest BCUT2D eigenvalue weighted by Gasteiger charge is -2.55. The molecule has 0 radical (unpaired) electrons. The van der Waals surface area contributed by atoms with Crippen LogP contribution in [0.25, 0.3) is 0 Å². The molecular weight excluding hydrogens is 244 g/mol. The first kappa shape index (κ1) is 14.6. The third kappa shape index (κ3) is 2.45. The van der Waals surface area contributed by atoms with Crippen LogP contribution in [0.4, 0.5) is 0 Å². The number of nitrogens with zero attached hydrogens (tertiary/aromatic N) is 1. The second-order valence-corrected chi connectivity index (χ2v) is 7.27. The van der Waals surface area contributed by atoms with Crippen molar-refractivity contribution in [1.82, 2.24) is 4.90 Å². The van der Waals surface area contributed by atoms with Gasteiger partial charge in [-0.1, -0.05) is 19.8 Å². The fourth-order valence-electron chi connectivity index (χ4n) is 3.77. The third-order valence-corrected chi connectivity index (χ3v) is 6.36. The second kappa shape index (κ2) is 6.12. The standard InChI is InChI=1S/C14H28N2OS/c1-11-12(2)18-9-8-16(11)14(10-15)7-5-4-6-13(14)17-3/h11-13H,4-10,15H2,1-3H3. The van der Waals surface area contributed by atoms with E-state index >= 15 is 0 Å². The molecule has 3 nitrogen and oxygen atoms in total. The van der Waals surface area contributed by atoms with Gasteiger partial charge in [0.2, 0.25) is 0 Å². The minimum atomic E-state index is 0.0850. The molecular formula is C14H28N2OS. The summed E-state index contributed by atoms with van der Waals surface area (Å²) in [4.78, 5) is 2.67. The van der Waals surface area contributed by atoms with Crippen LogP contribution in [0.15, 0.2) is 0 Å². The fourth-order valence-corrected chi connectivity index (χ4v) is 4.87. The third-order valence-electron chi connectivity index (χ3n) is 5.02. The van der Waals surface area contributed by atoms with E-state index in [1.165, 1.54) is 31.4 Å². The Bertz CT molecular complexity index is 277. The predicted molar refractivity (Wildman–Crippen MR) is 79.1 cm³/mol. The van der Waals surface area contributed by atoms with Gasteiger partial charge in [-0.05, 0) is 19.8 Å². The number of methoxy groups -OCH3 is 1. The van der Waals surface area contributed by atoms with Crippen molar-refractivity contribution in [3.8, 4) is 0 Å². The van der Waals surface area contributed by atoms with Crippen LogP contribution >= 0.6 is 11.8 Å². The van der Waals surface area contributed by atoms with Gasteiger partial charge in [0.05, 0.1) is 11.6 Å². The van der Waals surface area contributed by atoms with E-state index < -0.39 is 0 Å². The van der Waals surface area contributed by atoms with E-state index in [-0.39, 0.29) is 5.54 Å². The quantitative estimate of drug-likeness (QED) is 0.854. The van der Waals surface area contributed by atoms with Gasteiger partial charge in [0.15, 0.2) is 0 Å². The smallest absolute Gasteiger partial charge is 0.0767 e. The number of rotatable bonds is 3. The van der Waals surface area contributed by atoms with E-state index in [4.69, 9.17) is 10.5 Å². The minimum Gasteiger partial charge on any atom is -0.379 e. The molecule has 4 unspecified atom stereocenters. The van der Waals surface area contributed by atoms with Crippen LogP contribution in [0.3, 0.4) is 0 Å². The fraction of sp³-hybridized carbons (Fsp3) is 1.00. The molecule has 2 fully saturated rings. The first-order chi connectivity index (χ1) is 8.65. The zero-order chi connectivity index (χ0) is 13.2. The van der Waals surface area contributed by atoms with Crippen molar-refractivity contribution in [2.45, 2.75) is 62.5 Å². The van der Waals surface area contributed by atoms with E-state index in [1.54, 1.807) is 0 Å². The summed E-state index contributed by atoms with van der Waals surface area (Å²) in [5, 5.41) is 0.696. The maximum absolute atomic E-state index is 6.21. The normalized spacial score (nSPS) is 43.0. The van der Waals surface area contributed by atoms with E-state index in [0.717, 1.165) is 13.1 Å². The molecule has 0 bridgehead atoms. The average Bonchev–Trinajstić information content (AvgIpc) is 2.41. The van der Waals surface area contributed by atoms with Crippen molar-refractivity contribution in [2.75, 3.05) is 26.0 Å². The number of hydrogen-bond donors (Lipinski definition) is 1. The Kier molecular flexibility index (Phi) is 4.98. The van der Waals surface area contributed by atoms with Crippen LogP contribution in [-0.4, -0.2) is 53.8 Å². The van der Waals surface area contributed by atoms with Crippen molar-refractivity contribution >= 4 is 11.8 Å². The summed E-state index contributed by atoms with van der Waals surface area (Å²) in [6.45, 7) is 6.59. The van der Waals surface area contributed by atoms with Gasteiger partial charge in [-0.3, -0.25) is 4.90 Å². The van der Waals surface area contributed by atoms with Gasteiger partial charge >= 0.3 is 0 Å². The molecule has 106 valence electrons. The summed E-state index contributed by atoms with van der Waals surface area (Å²) in [6.07, 6.45) is 5.26. The maximum Gasteiger partial charge on any atom is 0.0767 e. The second-order valence-electron chi connectivity index (χ2n) is 5.79. The lowest BCUT2D eigenvalue weighted by molar-refractivity contribution is -0.0881. The first-order valence-corrected chi connectivity index (χ1v) is 8.32. The summed E-state index contributed by atoms with van der Waals surface area (Å²) in [6, 6.07) is 0.600. The SMILES string of the molecule is COC1CCCCC1(CN)N1CCSC(C)C1C. The molecule has 1 saturated carbocycles. The van der Waals surface area contributed by atoms with Crippen LogP contribution in [0.1, 0.15) is 39.5 Å². The Morgan fingerprint density at radius 2 is 2.17 bits per heavy atom. The summed E-state index contributed by atoms with van der Waals surface area (Å²) in [5.74, 6) is 1.23. The highest BCUT2D eigenvalue weighted by molar-refractivity contribution is 8.00. The molecule has 0 amide bonds. The number of hydrogen-bond acceptors (Lipinski definition) is 4. The van der Waals surface area contributed by atoms with Crippen molar-refractivity contribution in [3.05, 3.63) is 0 Å². The highest BCUT2D eigenvalue weighted by atomic mass is 32.2. The summed E-state index contributed by atoms with van der Waals surface area (Å²) < 4.78 is 5.81. The van der Waals surface area contributed by atoms with Crippen molar-refractivity contribution in [3.63, 3.8) is 0 Å². The van der Waals surface area contributed by atoms with E-state index in [0.29, 0.717) is 17.4 Å². The van der Waals surface area contributed by atoms with E-state index in [9.17, 15) is 0 Å². The van der Waals surface area contributed by atoms with Crippen molar-refractivity contribution in [1.29, 1.82) is 0 Å². The zero-order valence-corrected chi connectivity index (χ0v) is 12.8. The maximum atomic E-state index is 6.21. The average molecular weight is 272 g/mol. The van der Waals surface area contributed by atoms with Gasteiger partial charge in [-0.15, -0.1) is 0 Å². The number of nitrogens with two attached hydrogens (primary N) is 1. The molecule has 1 aliphatic carbocycles. The molecule has 2 aliphatic rings. The molecule has 4 atom stereocenters. The van der Waals surface area contributed by atoms with Gasteiger partial charge < -0.3 is 10.5 Å². The van der Waals surface area contributed by atoms with E-state index in [1.807, 2.05) is 7.11 Å². The molecule has 2 rings (SSSR count). The van der Waals surface area contributed by atoms with E-state index in [2.05, 4.69) is 30.5 Å². The highest BCUT2D eigenvalue weighted by Gasteiger charge is 2.48. The molecule has 0 aromatic heterocycles. The van der Waals surface area contributed by atoms with Gasteiger partial charge in [0.25, 0.3) is 0 Å². The molecule has 1 aliphatic heterocycles. The Hall–Kier alpha value is 0.230. The lowest BCUT2D eigenvalue weighted by atomic mass is 9.76. The highest BCUT2D eigenvalue weighted by Crippen LogP contribution is 2.39. The molecule has 18 heavy (non-hydrogen) atoms. The topological polar surface area (TPSA) is 38.5 Å². The molecule has 0 aromatic carbocycles. The summed E-state index contributed by atoms with van der Waals surface area (Å²) in [5.41, 5.74) is 6.30. The van der Waals surface area contributed by atoms with Gasteiger partial charge in [0, 0.05) is 37.2 Å². The van der Waals surface area contributed by atoms with Crippen molar-refractivity contribution < 1.29 is 4.74 Å². The van der Waals surface area contributed by atoms with Crippen LogP contribution in [0, 0.1) is 0 Å². The Morgan fingerprint density at radius 1 is 1.39 bits per heavy atom. The summed E-state index contributed by atoms with van der Waals surface area (Å²) in [7, 11) is 1.85. The van der Waals surface area contributed by atoms with Gasteiger partial charge in [-0.25, -0.2) is 0 Å². The molecule has 2 N–H and O–H groups in total. The Balaban J connectivity index is 2.23. The Morgan fingerprint density at radius 3 is 2.83 bits per heavy atom. The summed E-state index contributed by atoms with van der Waals surface area (Å²) >= 11 is 2.09. The number of ether oxygens (including phenoxy) is 1. The number of thioether (sulfide) groups is 1. The van der Waals surface area contributed by atoms with Crippen LogP contribution in [-0.2, 0) is 4.74 Å². The van der Waals surface area contributed by atoms with Gasteiger partial charge in [0.1, 0.15) is 0 Å². The predicted octanol–water partition coefficient (Wildman–Crippen LogP) is 2.10. The minimum absolute atomic E-state index is 0.0850. The Labute approximate surface area is 116 Å². The molecule has 1 saturated heterocycles. The zero-order valence-electron chi connectivity index (χ0n) is 12.0. The molecule has 4 heteroatoms. The molecule has 1 heterocycles. The molecule has 0 aromatic rings. The monoisotopic (exact) mass is 272 g/mol.